The second kappa shape index (κ2) is 5.21. The Morgan fingerprint density at radius 3 is 2.31 bits per heavy atom. The van der Waals surface area contributed by atoms with Gasteiger partial charge in [0, 0.05) is 12.6 Å². The Morgan fingerprint density at radius 2 is 1.88 bits per heavy atom. The zero-order valence-electron chi connectivity index (χ0n) is 9.69. The number of rotatable bonds is 3. The van der Waals surface area contributed by atoms with Gasteiger partial charge in [-0.2, -0.15) is 0 Å². The molecule has 0 amide bonds. The number of benzene rings is 1. The average Bonchev–Trinajstić information content (AvgIpc) is 2.36. The van der Waals surface area contributed by atoms with Crippen molar-refractivity contribution in [3.8, 4) is 5.75 Å². The van der Waals surface area contributed by atoms with E-state index in [1.54, 1.807) is 45.3 Å². The van der Waals surface area contributed by atoms with E-state index in [4.69, 9.17) is 10.5 Å². The summed E-state index contributed by atoms with van der Waals surface area (Å²) in [6.45, 7) is 1.70. The predicted octanol–water partition coefficient (Wildman–Crippen LogP) is 1.97. The molecule has 1 aromatic carbocycles. The van der Waals surface area contributed by atoms with E-state index < -0.39 is 0 Å². The molecule has 0 radical (unpaired) electrons. The van der Waals surface area contributed by atoms with E-state index in [0.29, 0.717) is 11.4 Å². The highest BCUT2D eigenvalue weighted by Crippen LogP contribution is 2.17. The van der Waals surface area contributed by atoms with Crippen LogP contribution < -0.4 is 10.5 Å². The standard InChI is InChI=1S/C12H16N2O2/c1-8(14-2)12(15)11(13)9-4-6-10(16-3)7-5-9/h4-7,15H,13H2,1-3H3/b12-11+,14-8?. The smallest absolute Gasteiger partial charge is 0.159 e. The van der Waals surface area contributed by atoms with Crippen LogP contribution in [0.5, 0.6) is 5.75 Å². The molecule has 4 nitrogen and oxygen atoms in total. The third-order valence-corrected chi connectivity index (χ3v) is 2.33. The maximum Gasteiger partial charge on any atom is 0.159 e. The molecular weight excluding hydrogens is 204 g/mol. The number of aliphatic imine (C=N–C) groups is 1. The van der Waals surface area contributed by atoms with Gasteiger partial charge in [0.15, 0.2) is 5.76 Å². The molecule has 0 unspecified atom stereocenters. The van der Waals surface area contributed by atoms with E-state index in [0.717, 1.165) is 11.3 Å². The molecule has 0 saturated heterocycles. The number of ether oxygens (including phenoxy) is 1. The summed E-state index contributed by atoms with van der Waals surface area (Å²) in [5.41, 5.74) is 7.37. The molecule has 4 heteroatoms. The van der Waals surface area contributed by atoms with E-state index in [1.807, 2.05) is 0 Å². The molecule has 0 aliphatic carbocycles. The number of hydrogen-bond acceptors (Lipinski definition) is 4. The monoisotopic (exact) mass is 220 g/mol. The summed E-state index contributed by atoms with van der Waals surface area (Å²) < 4.78 is 5.03. The zero-order valence-corrected chi connectivity index (χ0v) is 9.69. The summed E-state index contributed by atoms with van der Waals surface area (Å²) in [7, 11) is 3.20. The van der Waals surface area contributed by atoms with E-state index in [2.05, 4.69) is 4.99 Å². The minimum atomic E-state index is 0.00710. The third-order valence-electron chi connectivity index (χ3n) is 2.33. The van der Waals surface area contributed by atoms with Crippen molar-refractivity contribution >= 4 is 11.4 Å². The molecule has 86 valence electrons. The Morgan fingerprint density at radius 1 is 1.31 bits per heavy atom. The van der Waals surface area contributed by atoms with Gasteiger partial charge in [0.05, 0.1) is 18.5 Å². The van der Waals surface area contributed by atoms with Crippen LogP contribution in [-0.2, 0) is 0 Å². The van der Waals surface area contributed by atoms with Crippen molar-refractivity contribution in [2.24, 2.45) is 10.7 Å². The lowest BCUT2D eigenvalue weighted by atomic mass is 10.1. The molecule has 0 spiro atoms. The summed E-state index contributed by atoms with van der Waals surface area (Å²) in [5, 5.41) is 9.76. The Hall–Kier alpha value is -1.97. The molecule has 3 N–H and O–H groups in total. The SMILES string of the molecule is CN=C(C)/C(O)=C(\N)c1ccc(OC)cc1. The zero-order chi connectivity index (χ0) is 12.1. The Balaban J connectivity index is 3.09. The quantitative estimate of drug-likeness (QED) is 0.604. The van der Waals surface area contributed by atoms with Gasteiger partial charge in [-0.15, -0.1) is 0 Å². The number of hydrogen-bond donors (Lipinski definition) is 2. The van der Waals surface area contributed by atoms with Gasteiger partial charge < -0.3 is 15.6 Å². The second-order valence-corrected chi connectivity index (χ2v) is 3.30. The predicted molar refractivity (Wildman–Crippen MR) is 65.8 cm³/mol. The van der Waals surface area contributed by atoms with Crippen LogP contribution >= 0.6 is 0 Å². The van der Waals surface area contributed by atoms with Crippen molar-refractivity contribution in [2.75, 3.05) is 14.2 Å². The van der Waals surface area contributed by atoms with E-state index in [1.165, 1.54) is 0 Å². The van der Waals surface area contributed by atoms with Crippen molar-refractivity contribution < 1.29 is 9.84 Å². The summed E-state index contributed by atoms with van der Waals surface area (Å²) in [6.07, 6.45) is 0. The lowest BCUT2D eigenvalue weighted by molar-refractivity contribution is 0.414. The number of nitrogens with two attached hydrogens (primary N) is 1. The molecule has 0 fully saturated rings. The van der Waals surface area contributed by atoms with Crippen LogP contribution in [0.2, 0.25) is 0 Å². The van der Waals surface area contributed by atoms with Crippen LogP contribution in [0.4, 0.5) is 0 Å². The number of aliphatic hydroxyl groups is 1. The third kappa shape index (κ3) is 2.53. The molecule has 0 aliphatic rings. The second-order valence-electron chi connectivity index (χ2n) is 3.30. The van der Waals surface area contributed by atoms with Crippen LogP contribution in [0, 0.1) is 0 Å². The Labute approximate surface area is 95.1 Å². The first-order chi connectivity index (χ1) is 7.60. The van der Waals surface area contributed by atoms with Gasteiger partial charge in [-0.1, -0.05) is 0 Å². The topological polar surface area (TPSA) is 67.8 Å². The van der Waals surface area contributed by atoms with Gasteiger partial charge in [-0.3, -0.25) is 4.99 Å². The fraction of sp³-hybridized carbons (Fsp3) is 0.250. The normalized spacial score (nSPS) is 13.3. The first-order valence-electron chi connectivity index (χ1n) is 4.87. The van der Waals surface area contributed by atoms with Gasteiger partial charge in [0.25, 0.3) is 0 Å². The highest BCUT2D eigenvalue weighted by Gasteiger charge is 2.07. The molecule has 0 aromatic heterocycles. The molecule has 0 atom stereocenters. The van der Waals surface area contributed by atoms with Crippen molar-refractivity contribution in [3.05, 3.63) is 35.6 Å². The van der Waals surface area contributed by atoms with Gasteiger partial charge in [0.2, 0.25) is 0 Å². The fourth-order valence-electron chi connectivity index (χ4n) is 1.21. The van der Waals surface area contributed by atoms with Crippen molar-refractivity contribution in [2.45, 2.75) is 6.92 Å². The lowest BCUT2D eigenvalue weighted by Crippen LogP contribution is -2.07. The van der Waals surface area contributed by atoms with Crippen LogP contribution in [0.25, 0.3) is 5.70 Å². The number of nitrogens with zero attached hydrogens (tertiary/aromatic N) is 1. The average molecular weight is 220 g/mol. The number of aliphatic hydroxyl groups excluding tert-OH is 1. The van der Waals surface area contributed by atoms with Crippen LogP contribution in [0.1, 0.15) is 12.5 Å². The van der Waals surface area contributed by atoms with E-state index in [9.17, 15) is 5.11 Å². The van der Waals surface area contributed by atoms with Crippen molar-refractivity contribution in [3.63, 3.8) is 0 Å². The summed E-state index contributed by atoms with van der Waals surface area (Å²) in [5.74, 6) is 0.754. The minimum Gasteiger partial charge on any atom is -0.504 e. The van der Waals surface area contributed by atoms with E-state index >= 15 is 0 Å². The summed E-state index contributed by atoms with van der Waals surface area (Å²) in [4.78, 5) is 3.87. The molecule has 1 aromatic rings. The molecule has 0 aliphatic heterocycles. The molecule has 1 rings (SSSR count). The van der Waals surface area contributed by atoms with Gasteiger partial charge >= 0.3 is 0 Å². The fourth-order valence-corrected chi connectivity index (χ4v) is 1.21. The van der Waals surface area contributed by atoms with Crippen LogP contribution in [-0.4, -0.2) is 25.0 Å². The maximum atomic E-state index is 9.76. The molecular formula is C12H16N2O2. The van der Waals surface area contributed by atoms with Crippen molar-refractivity contribution in [1.82, 2.24) is 0 Å². The highest BCUT2D eigenvalue weighted by atomic mass is 16.5. The van der Waals surface area contributed by atoms with Crippen molar-refractivity contribution in [1.29, 1.82) is 0 Å². The van der Waals surface area contributed by atoms with Gasteiger partial charge in [-0.05, 0) is 31.2 Å². The first kappa shape index (κ1) is 12.1. The number of methoxy groups -OCH3 is 1. The van der Waals surface area contributed by atoms with Gasteiger partial charge in [-0.25, -0.2) is 0 Å². The number of allylic oxidation sites excluding steroid dienone is 1. The summed E-state index contributed by atoms with van der Waals surface area (Å²) in [6, 6.07) is 7.14. The maximum absolute atomic E-state index is 9.76. The molecule has 0 saturated carbocycles. The Bertz CT molecular complexity index is 419. The molecule has 0 bridgehead atoms. The van der Waals surface area contributed by atoms with Crippen LogP contribution in [0.3, 0.4) is 0 Å². The lowest BCUT2D eigenvalue weighted by Gasteiger charge is -2.07. The largest absolute Gasteiger partial charge is 0.504 e. The highest BCUT2D eigenvalue weighted by molar-refractivity contribution is 6.02. The van der Waals surface area contributed by atoms with Crippen LogP contribution in [0.15, 0.2) is 35.0 Å². The first-order valence-corrected chi connectivity index (χ1v) is 4.87. The molecule has 16 heavy (non-hydrogen) atoms. The summed E-state index contributed by atoms with van der Waals surface area (Å²) >= 11 is 0. The van der Waals surface area contributed by atoms with E-state index in [-0.39, 0.29) is 5.76 Å². The molecule has 0 heterocycles. The Kier molecular flexibility index (Phi) is 3.94. The van der Waals surface area contributed by atoms with Gasteiger partial charge in [0.1, 0.15) is 5.75 Å². The minimum absolute atomic E-state index is 0.00710.